The Morgan fingerprint density at radius 1 is 1.50 bits per heavy atom. The molecule has 0 radical (unpaired) electrons. The molecule has 0 saturated carbocycles. The van der Waals surface area contributed by atoms with Crippen molar-refractivity contribution in [2.24, 2.45) is 0 Å². The molecule has 0 aliphatic rings. The molecule has 1 aromatic carbocycles. The van der Waals surface area contributed by atoms with Gasteiger partial charge in [-0.05, 0) is 31.4 Å². The van der Waals surface area contributed by atoms with Crippen LogP contribution in [0.5, 0.6) is 0 Å². The largest absolute Gasteiger partial charge is 0.387 e. The molecule has 1 unspecified atom stereocenters. The molecular weight excluding hydrogens is 360 g/mol. The molecule has 20 heavy (non-hydrogen) atoms. The molecule has 0 spiro atoms. The topological polar surface area (TPSA) is 45.1 Å². The first-order valence-electron chi connectivity index (χ1n) is 6.12. The van der Waals surface area contributed by atoms with Gasteiger partial charge in [-0.25, -0.2) is 0 Å². The van der Waals surface area contributed by atoms with E-state index in [-0.39, 0.29) is 0 Å². The number of pyridine rings is 1. The molecule has 0 aliphatic heterocycles. The first-order chi connectivity index (χ1) is 9.43. The molecule has 108 valence electrons. The van der Waals surface area contributed by atoms with Gasteiger partial charge in [-0.2, -0.15) is 11.8 Å². The monoisotopic (exact) mass is 374 g/mol. The normalized spacial score (nSPS) is 14.2. The molecule has 3 nitrogen and oxygen atoms in total. The van der Waals surface area contributed by atoms with E-state index in [0.29, 0.717) is 17.3 Å². The highest BCUT2D eigenvalue weighted by Crippen LogP contribution is 2.31. The first-order valence-corrected chi connectivity index (χ1v) is 8.68. The van der Waals surface area contributed by atoms with Gasteiger partial charge in [0.2, 0.25) is 0 Å². The number of halogens is 2. The lowest BCUT2D eigenvalue weighted by atomic mass is 10.1. The Hall–Kier alpha value is -0.490. The molecule has 2 aromatic rings. The number of rotatable bonds is 5. The van der Waals surface area contributed by atoms with Gasteiger partial charge in [0.05, 0.1) is 16.1 Å². The van der Waals surface area contributed by atoms with Gasteiger partial charge in [-0.3, -0.25) is 4.98 Å². The quantitative estimate of drug-likeness (QED) is 0.823. The van der Waals surface area contributed by atoms with Gasteiger partial charge < -0.3 is 10.4 Å². The highest BCUT2D eigenvalue weighted by atomic mass is 79.9. The summed E-state index contributed by atoms with van der Waals surface area (Å²) in [6.45, 7) is 2.29. The maximum Gasteiger partial charge on any atom is 0.0909 e. The smallest absolute Gasteiger partial charge is 0.0909 e. The van der Waals surface area contributed by atoms with Crippen molar-refractivity contribution in [2.45, 2.75) is 12.5 Å². The molecule has 0 fully saturated rings. The molecule has 6 heteroatoms. The average molecular weight is 376 g/mol. The number of aromatic nitrogens is 1. The lowest BCUT2D eigenvalue weighted by molar-refractivity contribution is 0.0997. The van der Waals surface area contributed by atoms with E-state index in [9.17, 15) is 5.11 Å². The summed E-state index contributed by atoms with van der Waals surface area (Å²) in [5.74, 6) is 0.674. The van der Waals surface area contributed by atoms with E-state index in [1.54, 1.807) is 18.0 Å². The summed E-state index contributed by atoms with van der Waals surface area (Å²) in [7, 11) is 0. The number of hydrogen-bond acceptors (Lipinski definition) is 4. The number of fused-ring (bicyclic) bond motifs is 1. The third-order valence-corrected chi connectivity index (χ3v) is 4.53. The second-order valence-electron chi connectivity index (χ2n) is 4.93. The van der Waals surface area contributed by atoms with Crippen molar-refractivity contribution in [2.75, 3.05) is 23.9 Å². The fourth-order valence-corrected chi connectivity index (χ4v) is 3.56. The second kappa shape index (κ2) is 6.52. The Bertz CT molecular complexity index is 621. The number of hydrogen-bond donors (Lipinski definition) is 2. The van der Waals surface area contributed by atoms with Crippen LogP contribution in [0, 0.1) is 0 Å². The molecule has 1 aromatic heterocycles. The van der Waals surface area contributed by atoms with Crippen molar-refractivity contribution in [1.29, 1.82) is 0 Å². The van der Waals surface area contributed by atoms with E-state index in [2.05, 4.69) is 26.2 Å². The number of anilines is 1. The van der Waals surface area contributed by atoms with Crippen LogP contribution in [0.15, 0.2) is 28.9 Å². The zero-order valence-corrected chi connectivity index (χ0v) is 14.4. The van der Waals surface area contributed by atoms with Gasteiger partial charge in [0, 0.05) is 34.0 Å². The minimum Gasteiger partial charge on any atom is -0.387 e. The van der Waals surface area contributed by atoms with Crippen LogP contribution in [0.2, 0.25) is 5.02 Å². The number of nitrogens with zero attached hydrogens (tertiary/aromatic N) is 1. The van der Waals surface area contributed by atoms with Crippen LogP contribution >= 0.6 is 39.3 Å². The van der Waals surface area contributed by atoms with Gasteiger partial charge in [0.15, 0.2) is 0 Å². The van der Waals surface area contributed by atoms with Crippen LogP contribution < -0.4 is 5.32 Å². The van der Waals surface area contributed by atoms with E-state index in [1.165, 1.54) is 0 Å². The summed E-state index contributed by atoms with van der Waals surface area (Å²) in [6.07, 6.45) is 3.70. The number of thioether (sulfide) groups is 1. The second-order valence-corrected chi connectivity index (χ2v) is 7.11. The molecule has 2 N–H and O–H groups in total. The predicted octanol–water partition coefficient (Wildman–Crippen LogP) is 4.18. The minimum atomic E-state index is -0.759. The molecular formula is C14H16BrClN2OS. The highest BCUT2D eigenvalue weighted by molar-refractivity contribution is 9.10. The van der Waals surface area contributed by atoms with Crippen LogP contribution in [0.25, 0.3) is 10.9 Å². The molecule has 1 heterocycles. The van der Waals surface area contributed by atoms with Gasteiger partial charge >= 0.3 is 0 Å². The van der Waals surface area contributed by atoms with Gasteiger partial charge in [-0.1, -0.05) is 27.5 Å². The Labute approximate surface area is 136 Å². The van der Waals surface area contributed by atoms with Gasteiger partial charge in [-0.15, -0.1) is 0 Å². The lowest BCUT2D eigenvalue weighted by Crippen LogP contribution is -2.36. The van der Waals surface area contributed by atoms with Crippen molar-refractivity contribution < 1.29 is 5.11 Å². The molecule has 0 bridgehead atoms. The SMILES string of the molecule is CSCC(C)(O)CNc1ccnc2c(Cl)cc(Br)cc12. The fourth-order valence-electron chi connectivity index (χ4n) is 1.98. The maximum absolute atomic E-state index is 10.2. The standard InChI is InChI=1S/C14H16BrClN2OS/c1-14(19,8-20-2)7-18-12-3-4-17-13-10(12)5-9(15)6-11(13)16/h3-6,19H,7-8H2,1-2H3,(H,17,18). The third kappa shape index (κ3) is 3.79. The number of nitrogens with one attached hydrogen (secondary N) is 1. The average Bonchev–Trinajstić information content (AvgIpc) is 2.36. The van der Waals surface area contributed by atoms with E-state index in [1.807, 2.05) is 31.4 Å². The summed E-state index contributed by atoms with van der Waals surface area (Å²) in [5.41, 5.74) is 0.911. The Kier molecular flexibility index (Phi) is 5.18. The van der Waals surface area contributed by atoms with E-state index in [0.717, 1.165) is 21.1 Å². The zero-order valence-electron chi connectivity index (χ0n) is 11.3. The van der Waals surface area contributed by atoms with E-state index >= 15 is 0 Å². The molecule has 0 aliphatic carbocycles. The summed E-state index contributed by atoms with van der Waals surface area (Å²) < 4.78 is 0.905. The fraction of sp³-hybridized carbons (Fsp3) is 0.357. The summed E-state index contributed by atoms with van der Waals surface area (Å²) in [4.78, 5) is 4.30. The summed E-state index contributed by atoms with van der Waals surface area (Å²) in [6, 6.07) is 5.69. The van der Waals surface area contributed by atoms with Crippen molar-refractivity contribution in [1.82, 2.24) is 4.98 Å². The maximum atomic E-state index is 10.2. The van der Waals surface area contributed by atoms with Crippen LogP contribution in [0.1, 0.15) is 6.92 Å². The van der Waals surface area contributed by atoms with Gasteiger partial charge in [0.25, 0.3) is 0 Å². The van der Waals surface area contributed by atoms with Crippen molar-refractivity contribution in [3.8, 4) is 0 Å². The predicted molar refractivity (Wildman–Crippen MR) is 91.9 cm³/mol. The highest BCUT2D eigenvalue weighted by Gasteiger charge is 2.19. The zero-order chi connectivity index (χ0) is 14.8. The molecule has 0 saturated heterocycles. The van der Waals surface area contributed by atoms with Crippen molar-refractivity contribution in [3.05, 3.63) is 33.9 Å². The van der Waals surface area contributed by atoms with Crippen LogP contribution in [0.3, 0.4) is 0 Å². The minimum absolute atomic E-state index is 0.469. The third-order valence-electron chi connectivity index (χ3n) is 2.88. The summed E-state index contributed by atoms with van der Waals surface area (Å²) in [5, 5.41) is 15.0. The Morgan fingerprint density at radius 2 is 2.25 bits per heavy atom. The van der Waals surface area contributed by atoms with Crippen molar-refractivity contribution in [3.63, 3.8) is 0 Å². The van der Waals surface area contributed by atoms with Crippen LogP contribution in [-0.4, -0.2) is 34.2 Å². The molecule has 2 rings (SSSR count). The first kappa shape index (κ1) is 15.9. The Balaban J connectivity index is 2.31. The molecule has 0 amide bonds. The number of aliphatic hydroxyl groups is 1. The lowest BCUT2D eigenvalue weighted by Gasteiger charge is -2.23. The van der Waals surface area contributed by atoms with Crippen LogP contribution in [0.4, 0.5) is 5.69 Å². The Morgan fingerprint density at radius 3 is 2.95 bits per heavy atom. The van der Waals surface area contributed by atoms with Crippen molar-refractivity contribution >= 4 is 55.9 Å². The van der Waals surface area contributed by atoms with Crippen LogP contribution in [-0.2, 0) is 0 Å². The van der Waals surface area contributed by atoms with E-state index in [4.69, 9.17) is 11.6 Å². The van der Waals surface area contributed by atoms with E-state index < -0.39 is 5.60 Å². The number of benzene rings is 1. The summed E-state index contributed by atoms with van der Waals surface area (Å²) >= 11 is 11.3. The molecule has 1 atom stereocenters. The van der Waals surface area contributed by atoms with Gasteiger partial charge in [0.1, 0.15) is 0 Å².